The minimum absolute atomic E-state index is 0.0294. The van der Waals surface area contributed by atoms with E-state index in [9.17, 15) is 9.59 Å². The van der Waals surface area contributed by atoms with Gasteiger partial charge in [-0.1, -0.05) is 11.8 Å². The Bertz CT molecular complexity index is 437. The van der Waals surface area contributed by atoms with Gasteiger partial charge in [0.1, 0.15) is 0 Å². The molecule has 7 heteroatoms. The number of hydrogen-bond donors (Lipinski definition) is 1. The molecule has 1 N–H and O–H groups in total. The first-order chi connectivity index (χ1) is 6.57. The van der Waals surface area contributed by atoms with Crippen LogP contribution < -0.4 is 11.2 Å². The van der Waals surface area contributed by atoms with Crippen LogP contribution in [0.1, 0.15) is 0 Å². The Kier molecular flexibility index (Phi) is 3.48. The standard InChI is InChI=1S/C7H11N3O3S/c1-9-6(12)5(14-4-3-11)8-10(2)7(9)13/h11H,3-4H2,1-2H3. The van der Waals surface area contributed by atoms with Gasteiger partial charge in [0.05, 0.1) is 6.61 Å². The monoisotopic (exact) mass is 217 g/mol. The van der Waals surface area contributed by atoms with Crippen molar-refractivity contribution in [1.29, 1.82) is 0 Å². The average Bonchev–Trinajstić information content (AvgIpc) is 2.18. The number of aliphatic hydroxyl groups is 1. The number of aliphatic hydroxyl groups excluding tert-OH is 1. The summed E-state index contributed by atoms with van der Waals surface area (Å²) in [5, 5.41) is 12.6. The summed E-state index contributed by atoms with van der Waals surface area (Å²) in [6, 6.07) is 0. The summed E-state index contributed by atoms with van der Waals surface area (Å²) in [4.78, 5) is 22.7. The van der Waals surface area contributed by atoms with Crippen molar-refractivity contribution in [1.82, 2.24) is 14.3 Å². The van der Waals surface area contributed by atoms with Crippen LogP contribution in [0.5, 0.6) is 0 Å². The normalized spacial score (nSPS) is 10.5. The van der Waals surface area contributed by atoms with E-state index >= 15 is 0 Å². The quantitative estimate of drug-likeness (QED) is 0.628. The van der Waals surface area contributed by atoms with Gasteiger partial charge < -0.3 is 5.11 Å². The summed E-state index contributed by atoms with van der Waals surface area (Å²) in [5.74, 6) is 0.389. The van der Waals surface area contributed by atoms with Crippen LogP contribution in [-0.2, 0) is 14.1 Å². The second-order valence-corrected chi connectivity index (χ2v) is 3.73. The van der Waals surface area contributed by atoms with Crippen LogP contribution in [0.3, 0.4) is 0 Å². The molecule has 0 aromatic carbocycles. The molecular formula is C7H11N3O3S. The van der Waals surface area contributed by atoms with E-state index in [-0.39, 0.29) is 11.6 Å². The maximum atomic E-state index is 11.4. The lowest BCUT2D eigenvalue weighted by atomic mass is 10.8. The number of aryl methyl sites for hydroxylation is 1. The lowest BCUT2D eigenvalue weighted by molar-refractivity contribution is 0.322. The van der Waals surface area contributed by atoms with Crippen LogP contribution in [-0.4, -0.2) is 31.8 Å². The van der Waals surface area contributed by atoms with Crippen LogP contribution in [0.2, 0.25) is 0 Å². The molecule has 0 radical (unpaired) electrons. The van der Waals surface area contributed by atoms with Crippen LogP contribution in [0, 0.1) is 0 Å². The van der Waals surface area contributed by atoms with Crippen molar-refractivity contribution in [2.45, 2.75) is 5.03 Å². The topological polar surface area (TPSA) is 77.1 Å². The Morgan fingerprint density at radius 2 is 2.07 bits per heavy atom. The summed E-state index contributed by atoms with van der Waals surface area (Å²) in [7, 11) is 2.88. The van der Waals surface area contributed by atoms with Gasteiger partial charge in [0.15, 0.2) is 5.03 Å². The van der Waals surface area contributed by atoms with E-state index in [0.717, 1.165) is 21.0 Å². The minimum atomic E-state index is -0.455. The van der Waals surface area contributed by atoms with Crippen molar-refractivity contribution in [3.8, 4) is 0 Å². The van der Waals surface area contributed by atoms with Crippen LogP contribution in [0.15, 0.2) is 14.6 Å². The van der Waals surface area contributed by atoms with Gasteiger partial charge in [0.2, 0.25) is 0 Å². The zero-order valence-corrected chi connectivity index (χ0v) is 8.74. The van der Waals surface area contributed by atoms with Crippen LogP contribution in [0.25, 0.3) is 0 Å². The smallest absolute Gasteiger partial charge is 0.346 e. The van der Waals surface area contributed by atoms with E-state index < -0.39 is 11.2 Å². The molecule has 1 rings (SSSR count). The molecule has 0 saturated carbocycles. The summed E-state index contributed by atoms with van der Waals surface area (Å²) < 4.78 is 2.09. The largest absolute Gasteiger partial charge is 0.396 e. The zero-order chi connectivity index (χ0) is 10.7. The Morgan fingerprint density at radius 3 is 2.64 bits per heavy atom. The number of nitrogens with zero attached hydrogens (tertiary/aromatic N) is 3. The second kappa shape index (κ2) is 4.43. The Hall–Kier alpha value is -1.08. The molecule has 0 amide bonds. The fourth-order valence-corrected chi connectivity index (χ4v) is 1.63. The van der Waals surface area contributed by atoms with Crippen molar-refractivity contribution in [3.63, 3.8) is 0 Å². The molecule has 14 heavy (non-hydrogen) atoms. The highest BCUT2D eigenvalue weighted by Gasteiger charge is 2.08. The molecule has 0 unspecified atom stereocenters. The molecule has 0 spiro atoms. The maximum absolute atomic E-state index is 11.4. The Balaban J connectivity index is 3.20. The second-order valence-electron chi connectivity index (χ2n) is 2.65. The molecular weight excluding hydrogens is 206 g/mol. The molecule has 1 heterocycles. The van der Waals surface area contributed by atoms with Gasteiger partial charge in [-0.05, 0) is 0 Å². The predicted octanol–water partition coefficient (Wildman–Crippen LogP) is -1.44. The number of aromatic nitrogens is 3. The molecule has 1 aromatic heterocycles. The van der Waals surface area contributed by atoms with E-state index in [1.807, 2.05) is 0 Å². The van der Waals surface area contributed by atoms with Crippen LogP contribution >= 0.6 is 11.8 Å². The fraction of sp³-hybridized carbons (Fsp3) is 0.571. The number of thioether (sulfide) groups is 1. The van der Waals surface area contributed by atoms with Gasteiger partial charge in [-0.2, -0.15) is 5.10 Å². The molecule has 0 aliphatic heterocycles. The van der Waals surface area contributed by atoms with Gasteiger partial charge in [0, 0.05) is 19.8 Å². The first-order valence-corrected chi connectivity index (χ1v) is 4.94. The molecule has 0 saturated heterocycles. The van der Waals surface area contributed by atoms with Gasteiger partial charge in [0.25, 0.3) is 5.56 Å². The molecule has 78 valence electrons. The highest BCUT2D eigenvalue weighted by Crippen LogP contribution is 2.06. The van der Waals surface area contributed by atoms with Crippen molar-refractivity contribution < 1.29 is 5.11 Å². The summed E-state index contributed by atoms with van der Waals surface area (Å²) >= 11 is 1.13. The lowest BCUT2D eigenvalue weighted by Crippen LogP contribution is -2.39. The van der Waals surface area contributed by atoms with Crippen molar-refractivity contribution >= 4 is 11.8 Å². The molecule has 6 nitrogen and oxygen atoms in total. The minimum Gasteiger partial charge on any atom is -0.396 e. The molecule has 0 bridgehead atoms. The predicted molar refractivity (Wildman–Crippen MR) is 52.5 cm³/mol. The molecule has 0 aliphatic rings. The number of hydrogen-bond acceptors (Lipinski definition) is 5. The lowest BCUT2D eigenvalue weighted by Gasteiger charge is -2.03. The molecule has 0 atom stereocenters. The van der Waals surface area contributed by atoms with Gasteiger partial charge in [-0.25, -0.2) is 9.48 Å². The van der Waals surface area contributed by atoms with E-state index in [0.29, 0.717) is 5.75 Å². The SMILES string of the molecule is Cn1nc(SCCO)c(=O)n(C)c1=O. The first-order valence-electron chi connectivity index (χ1n) is 3.96. The Morgan fingerprint density at radius 1 is 1.43 bits per heavy atom. The van der Waals surface area contributed by atoms with E-state index in [1.54, 1.807) is 0 Å². The van der Waals surface area contributed by atoms with Crippen molar-refractivity contribution in [3.05, 3.63) is 20.8 Å². The summed E-state index contributed by atoms with van der Waals surface area (Å²) in [6.07, 6.45) is 0. The summed E-state index contributed by atoms with van der Waals surface area (Å²) in [5.41, 5.74) is -0.880. The van der Waals surface area contributed by atoms with Crippen molar-refractivity contribution in [2.75, 3.05) is 12.4 Å². The van der Waals surface area contributed by atoms with Gasteiger partial charge in [-0.15, -0.1) is 0 Å². The highest BCUT2D eigenvalue weighted by atomic mass is 32.2. The van der Waals surface area contributed by atoms with E-state index in [2.05, 4.69) is 5.10 Å². The zero-order valence-electron chi connectivity index (χ0n) is 7.93. The fourth-order valence-electron chi connectivity index (χ4n) is 0.902. The van der Waals surface area contributed by atoms with Crippen LogP contribution in [0.4, 0.5) is 0 Å². The molecule has 1 aromatic rings. The van der Waals surface area contributed by atoms with E-state index in [1.165, 1.54) is 14.1 Å². The third kappa shape index (κ3) is 2.05. The third-order valence-corrected chi connectivity index (χ3v) is 2.54. The highest BCUT2D eigenvalue weighted by molar-refractivity contribution is 7.99. The number of rotatable bonds is 3. The van der Waals surface area contributed by atoms with E-state index in [4.69, 9.17) is 5.11 Å². The Labute approximate surface area is 84.2 Å². The van der Waals surface area contributed by atoms with Gasteiger partial charge in [-0.3, -0.25) is 9.36 Å². The van der Waals surface area contributed by atoms with Gasteiger partial charge >= 0.3 is 5.69 Å². The summed E-state index contributed by atoms with van der Waals surface area (Å²) in [6.45, 7) is -0.0294. The molecule has 0 fully saturated rings. The molecule has 0 aliphatic carbocycles. The third-order valence-electron chi connectivity index (χ3n) is 1.62. The first kappa shape index (κ1) is 11.0. The van der Waals surface area contributed by atoms with Crippen molar-refractivity contribution in [2.24, 2.45) is 14.1 Å². The maximum Gasteiger partial charge on any atom is 0.346 e. The average molecular weight is 217 g/mol.